The van der Waals surface area contributed by atoms with Gasteiger partial charge in [-0.2, -0.15) is 0 Å². The Balaban J connectivity index is 0.00000120. The van der Waals surface area contributed by atoms with Crippen molar-refractivity contribution >= 4 is 24.0 Å². The maximum absolute atomic E-state index is 11.7. The van der Waals surface area contributed by atoms with E-state index >= 15 is 0 Å². The van der Waals surface area contributed by atoms with Gasteiger partial charge in [-0.15, -0.1) is 0 Å². The largest absolute Gasteiger partial charge is 0.463 e. The number of ether oxygens (including phenoxy) is 3. The van der Waals surface area contributed by atoms with Crippen LogP contribution in [-0.4, -0.2) is 66.4 Å². The van der Waals surface area contributed by atoms with Crippen LogP contribution in [0, 0.1) is 5.92 Å². The number of carbonyl (C=O) groups excluding carboxylic acids is 2. The zero-order valence-electron chi connectivity index (χ0n) is 25.3. The summed E-state index contributed by atoms with van der Waals surface area (Å²) in [5.41, 5.74) is 8.13. The highest BCUT2D eigenvalue weighted by Crippen LogP contribution is 2.24. The Morgan fingerprint density at radius 1 is 1.25 bits per heavy atom. The maximum Gasteiger partial charge on any atom is 0.302 e. The van der Waals surface area contributed by atoms with Gasteiger partial charge in [0.05, 0.1) is 6.10 Å². The molecule has 4 unspecified atom stereocenters. The van der Waals surface area contributed by atoms with Gasteiger partial charge in [0.25, 0.3) is 0 Å². The summed E-state index contributed by atoms with van der Waals surface area (Å²) in [5.74, 6) is 0.915. The van der Waals surface area contributed by atoms with Crippen LogP contribution in [0.5, 0.6) is 0 Å². The van der Waals surface area contributed by atoms with E-state index in [1.165, 1.54) is 36.6 Å². The molecule has 9 heteroatoms. The second-order valence-electron chi connectivity index (χ2n) is 10.4. The number of esters is 1. The number of unbranched alkanes of at least 4 members (excludes halogenated alkanes) is 2. The van der Waals surface area contributed by atoms with E-state index < -0.39 is 24.4 Å². The fourth-order valence-electron chi connectivity index (χ4n) is 3.62. The number of hydrogen-bond acceptors (Lipinski definition) is 8. The van der Waals surface area contributed by atoms with E-state index in [1.807, 2.05) is 19.1 Å². The molecule has 40 heavy (non-hydrogen) atoms. The average Bonchev–Trinajstić information content (AvgIpc) is 3.29. The van der Waals surface area contributed by atoms with Gasteiger partial charge in [0, 0.05) is 43.8 Å². The molecule has 1 saturated heterocycles. The van der Waals surface area contributed by atoms with Crippen molar-refractivity contribution in [2.24, 2.45) is 16.6 Å². The first-order valence-electron chi connectivity index (χ1n) is 14.0. The second kappa shape index (κ2) is 18.4. The highest BCUT2D eigenvalue weighted by molar-refractivity contribution is 5.96. The van der Waals surface area contributed by atoms with Crippen LogP contribution in [0.2, 0.25) is 0 Å². The molecule has 3 N–H and O–H groups in total. The van der Waals surface area contributed by atoms with Gasteiger partial charge in [-0.25, -0.2) is 0 Å². The van der Waals surface area contributed by atoms with Crippen LogP contribution in [0.25, 0.3) is 5.76 Å². The minimum atomic E-state index is -0.860. The molecule has 1 aliphatic heterocycles. The van der Waals surface area contributed by atoms with E-state index in [0.29, 0.717) is 35.6 Å². The topological polar surface area (TPSA) is 124 Å². The van der Waals surface area contributed by atoms with Crippen molar-refractivity contribution in [3.05, 3.63) is 53.7 Å². The minimum Gasteiger partial charge on any atom is -0.463 e. The lowest BCUT2D eigenvalue weighted by Crippen LogP contribution is -2.31. The molecule has 0 saturated carbocycles. The van der Waals surface area contributed by atoms with E-state index in [2.05, 4.69) is 44.5 Å². The molecule has 224 valence electrons. The third kappa shape index (κ3) is 12.4. The van der Waals surface area contributed by atoms with Crippen LogP contribution in [0.15, 0.2) is 47.6 Å². The highest BCUT2D eigenvalue weighted by Gasteiger charge is 2.37. The van der Waals surface area contributed by atoms with E-state index in [4.69, 9.17) is 19.9 Å². The third-order valence-electron chi connectivity index (χ3n) is 6.61. The van der Waals surface area contributed by atoms with Crippen LogP contribution in [0.3, 0.4) is 0 Å². The molecule has 0 aliphatic carbocycles. The fourth-order valence-corrected chi connectivity index (χ4v) is 3.62. The predicted octanol–water partition coefficient (Wildman–Crippen LogP) is 4.83. The van der Waals surface area contributed by atoms with Crippen molar-refractivity contribution in [1.82, 2.24) is 4.90 Å². The Kier molecular flexibility index (Phi) is 16.1. The van der Waals surface area contributed by atoms with Crippen molar-refractivity contribution in [2.75, 3.05) is 13.7 Å². The van der Waals surface area contributed by atoms with E-state index in [1.54, 1.807) is 20.2 Å². The first kappa shape index (κ1) is 35.0. The number of benzene rings is 1. The zero-order chi connectivity index (χ0) is 30.2. The molecule has 1 amide bonds. The van der Waals surface area contributed by atoms with Gasteiger partial charge in [0.2, 0.25) is 12.3 Å². The predicted molar refractivity (Wildman–Crippen MR) is 159 cm³/mol. The van der Waals surface area contributed by atoms with Gasteiger partial charge < -0.3 is 25.1 Å². The van der Waals surface area contributed by atoms with Crippen molar-refractivity contribution in [1.29, 1.82) is 0 Å². The number of aliphatic imine (C=N–C) groups is 1. The minimum absolute atomic E-state index is 0.0790. The Morgan fingerprint density at radius 2 is 1.88 bits per heavy atom. The van der Waals surface area contributed by atoms with Crippen molar-refractivity contribution < 1.29 is 28.9 Å². The molecule has 1 fully saturated rings. The van der Waals surface area contributed by atoms with Gasteiger partial charge in [-0.05, 0) is 38.2 Å². The molecule has 1 aromatic carbocycles. The lowest BCUT2D eigenvalue weighted by Gasteiger charge is -2.22. The summed E-state index contributed by atoms with van der Waals surface area (Å²) in [6.07, 6.45) is 4.70. The number of nitrogens with two attached hydrogens (primary N) is 1. The van der Waals surface area contributed by atoms with Crippen LogP contribution < -0.4 is 5.73 Å². The van der Waals surface area contributed by atoms with E-state index in [-0.39, 0.29) is 13.0 Å². The summed E-state index contributed by atoms with van der Waals surface area (Å²) in [5, 5.41) is 10.2. The smallest absolute Gasteiger partial charge is 0.302 e. The lowest BCUT2D eigenvalue weighted by atomic mass is 10.0. The number of aliphatic hydroxyl groups excluding tert-OH is 1. The molecule has 1 aromatic rings. The van der Waals surface area contributed by atoms with Crippen molar-refractivity contribution in [2.45, 2.75) is 98.1 Å². The molecule has 9 nitrogen and oxygen atoms in total. The Morgan fingerprint density at radius 3 is 2.38 bits per heavy atom. The second-order valence-corrected chi connectivity index (χ2v) is 10.4. The SMILES string of the molecule is C=C(OC(=NC)/C(C)=C\N(C=O)C1CC(O)C(COC(C)=O)O1)c1ccc(CCCCC)cc1.CC(C)C(C)N. The molecule has 0 radical (unpaired) electrons. The van der Waals surface area contributed by atoms with E-state index in [0.717, 1.165) is 12.0 Å². The molecule has 0 spiro atoms. The Bertz CT molecular complexity index is 981. The molecular formula is C31H49N3O6. The zero-order valence-corrected chi connectivity index (χ0v) is 25.3. The van der Waals surface area contributed by atoms with Gasteiger partial charge in [-0.3, -0.25) is 19.5 Å². The normalized spacial score (nSPS) is 19.9. The Hall–Kier alpha value is -3.01. The standard InChI is InChI=1S/C26H36N2O6.C5H13N/c1-6-7-8-9-21-10-12-22(13-11-21)19(3)33-26(27-5)18(2)15-28(17-29)25-14-23(31)24(34-25)16-32-20(4)30;1-4(2)5(3)6/h10-13,15,17,23-25,31H,3,6-9,14,16H2,1-2,4-5H3;4-5H,6H2,1-3H3/b18-15-,27-26?;. The van der Waals surface area contributed by atoms with Crippen molar-refractivity contribution in [3.63, 3.8) is 0 Å². The molecule has 0 bridgehead atoms. The average molecular weight is 560 g/mol. The van der Waals surface area contributed by atoms with Gasteiger partial charge >= 0.3 is 5.97 Å². The first-order chi connectivity index (χ1) is 18.9. The molecular weight excluding hydrogens is 510 g/mol. The number of aliphatic hydroxyl groups is 1. The van der Waals surface area contributed by atoms with Crippen LogP contribution in [-0.2, 0) is 30.2 Å². The third-order valence-corrected chi connectivity index (χ3v) is 6.61. The molecule has 1 heterocycles. The Labute approximate surface area is 240 Å². The molecule has 4 atom stereocenters. The quantitative estimate of drug-likeness (QED) is 0.0886. The van der Waals surface area contributed by atoms with Crippen LogP contribution in [0.1, 0.15) is 78.4 Å². The fraction of sp³-hybridized carbons (Fsp3) is 0.581. The molecule has 0 aromatic heterocycles. The van der Waals surface area contributed by atoms with Gasteiger partial charge in [-0.1, -0.05) is 64.5 Å². The van der Waals surface area contributed by atoms with Crippen LogP contribution >= 0.6 is 0 Å². The lowest BCUT2D eigenvalue weighted by molar-refractivity contribution is -0.149. The first-order valence-corrected chi connectivity index (χ1v) is 14.0. The summed E-state index contributed by atoms with van der Waals surface area (Å²) in [6.45, 7) is 15.4. The summed E-state index contributed by atoms with van der Waals surface area (Å²) in [7, 11) is 1.59. The van der Waals surface area contributed by atoms with Crippen molar-refractivity contribution in [3.8, 4) is 0 Å². The summed E-state index contributed by atoms with van der Waals surface area (Å²) >= 11 is 0. The van der Waals surface area contributed by atoms with Gasteiger partial charge in [0.1, 0.15) is 24.7 Å². The van der Waals surface area contributed by atoms with E-state index in [9.17, 15) is 14.7 Å². The molecule has 2 rings (SSSR count). The summed E-state index contributed by atoms with van der Waals surface area (Å²) in [4.78, 5) is 28.2. The number of amides is 1. The summed E-state index contributed by atoms with van der Waals surface area (Å²) in [6, 6.07) is 8.46. The maximum atomic E-state index is 11.7. The number of nitrogens with zero attached hydrogens (tertiary/aromatic N) is 2. The summed E-state index contributed by atoms with van der Waals surface area (Å²) < 4.78 is 16.5. The number of rotatable bonds is 13. The number of aryl methyl sites for hydroxylation is 1. The number of hydrogen-bond donors (Lipinski definition) is 2. The van der Waals surface area contributed by atoms with Crippen LogP contribution in [0.4, 0.5) is 0 Å². The van der Waals surface area contributed by atoms with Gasteiger partial charge in [0.15, 0.2) is 0 Å². The number of carbonyl (C=O) groups is 2. The monoisotopic (exact) mass is 559 g/mol. The molecule has 1 aliphatic rings. The highest BCUT2D eigenvalue weighted by atomic mass is 16.6.